The molecule has 2 aliphatic rings. The van der Waals surface area contributed by atoms with Gasteiger partial charge in [0.2, 0.25) is 5.91 Å². The van der Waals surface area contributed by atoms with Gasteiger partial charge in [0.25, 0.3) is 0 Å². The van der Waals surface area contributed by atoms with Gasteiger partial charge in [0.1, 0.15) is 0 Å². The summed E-state index contributed by atoms with van der Waals surface area (Å²) in [4.78, 5) is 12.2. The lowest BCUT2D eigenvalue weighted by Gasteiger charge is -2.27. The highest BCUT2D eigenvalue weighted by molar-refractivity contribution is 5.93. The second kappa shape index (κ2) is 5.85. The van der Waals surface area contributed by atoms with E-state index in [1.807, 2.05) is 0 Å². The molecule has 1 amide bonds. The molecule has 21 heavy (non-hydrogen) atoms. The first-order chi connectivity index (χ1) is 9.47. The molecule has 0 heterocycles. The Balaban J connectivity index is 0.00000161. The zero-order valence-corrected chi connectivity index (χ0v) is 11.9. The number of amides is 1. The summed E-state index contributed by atoms with van der Waals surface area (Å²) in [6.07, 6.45) is 2.93. The number of nitrogens with one attached hydrogen (secondary N) is 1. The molecule has 3 rings (SSSR count). The summed E-state index contributed by atoms with van der Waals surface area (Å²) >= 11 is 0. The Bertz CT molecular complexity index is 544. The van der Waals surface area contributed by atoms with E-state index in [-0.39, 0.29) is 41.9 Å². The Labute approximate surface area is 126 Å². The predicted octanol–water partition coefficient (Wildman–Crippen LogP) is 2.84. The van der Waals surface area contributed by atoms with Gasteiger partial charge in [-0.05, 0) is 31.1 Å². The molecule has 0 aromatic heterocycles. The molecule has 3 nitrogen and oxygen atoms in total. The molecule has 2 fully saturated rings. The van der Waals surface area contributed by atoms with Crippen molar-refractivity contribution in [2.24, 2.45) is 23.5 Å². The minimum absolute atomic E-state index is 0. The van der Waals surface area contributed by atoms with E-state index >= 15 is 0 Å². The normalized spacial score (nSPS) is 30.1. The molecular weight excluding hydrogens is 305 g/mol. The van der Waals surface area contributed by atoms with Gasteiger partial charge in [-0.15, -0.1) is 12.4 Å². The first-order valence-corrected chi connectivity index (χ1v) is 6.68. The molecule has 7 heteroatoms. The predicted molar refractivity (Wildman–Crippen MR) is 74.5 cm³/mol. The summed E-state index contributed by atoms with van der Waals surface area (Å²) in [6.45, 7) is 0. The van der Waals surface area contributed by atoms with Crippen molar-refractivity contribution in [2.75, 3.05) is 5.32 Å². The van der Waals surface area contributed by atoms with E-state index in [0.717, 1.165) is 31.4 Å². The van der Waals surface area contributed by atoms with Crippen LogP contribution in [0.5, 0.6) is 0 Å². The molecule has 1 aromatic carbocycles. The van der Waals surface area contributed by atoms with Gasteiger partial charge in [-0.3, -0.25) is 4.79 Å². The number of carbonyl (C=O) groups excluding carboxylic acids is 1. The summed E-state index contributed by atoms with van der Waals surface area (Å²) in [5.41, 5.74) is 5.95. The van der Waals surface area contributed by atoms with Gasteiger partial charge in [0.15, 0.2) is 17.5 Å². The third kappa shape index (κ3) is 2.74. The number of halogens is 4. The van der Waals surface area contributed by atoms with Crippen LogP contribution in [0.15, 0.2) is 12.1 Å². The highest BCUT2D eigenvalue weighted by Crippen LogP contribution is 2.47. The Kier molecular flexibility index (Phi) is 4.49. The van der Waals surface area contributed by atoms with Crippen LogP contribution >= 0.6 is 12.4 Å². The topological polar surface area (TPSA) is 55.1 Å². The number of carbonyl (C=O) groups is 1. The monoisotopic (exact) mass is 320 g/mol. The third-order valence-electron chi connectivity index (χ3n) is 4.53. The highest BCUT2D eigenvalue weighted by atomic mass is 35.5. The lowest BCUT2D eigenvalue weighted by atomic mass is 9.84. The summed E-state index contributed by atoms with van der Waals surface area (Å²) in [7, 11) is 0. The maximum atomic E-state index is 13.1. The van der Waals surface area contributed by atoms with Gasteiger partial charge in [-0.2, -0.15) is 0 Å². The largest absolute Gasteiger partial charge is 0.327 e. The van der Waals surface area contributed by atoms with Crippen LogP contribution < -0.4 is 11.1 Å². The molecule has 2 aliphatic carbocycles. The Morgan fingerprint density at radius 1 is 1.14 bits per heavy atom. The fourth-order valence-corrected chi connectivity index (χ4v) is 3.58. The summed E-state index contributed by atoms with van der Waals surface area (Å²) in [5, 5.41) is 2.44. The van der Waals surface area contributed by atoms with E-state index in [1.54, 1.807) is 0 Å². The molecule has 1 aromatic rings. The average Bonchev–Trinajstić information content (AvgIpc) is 2.96. The number of rotatable bonds is 2. The van der Waals surface area contributed by atoms with Crippen LogP contribution in [-0.4, -0.2) is 11.9 Å². The van der Waals surface area contributed by atoms with Crippen LogP contribution in [0.25, 0.3) is 0 Å². The fraction of sp³-hybridized carbons (Fsp3) is 0.500. The van der Waals surface area contributed by atoms with E-state index in [4.69, 9.17) is 5.73 Å². The summed E-state index contributed by atoms with van der Waals surface area (Å²) in [6, 6.07) is 1.34. The Hall–Kier alpha value is -1.27. The minimum atomic E-state index is -1.54. The van der Waals surface area contributed by atoms with Crippen LogP contribution in [0.2, 0.25) is 0 Å². The number of hydrogen-bond donors (Lipinski definition) is 2. The van der Waals surface area contributed by atoms with Crippen LogP contribution in [0.3, 0.4) is 0 Å². The number of benzene rings is 1. The smallest absolute Gasteiger partial charge is 0.229 e. The molecule has 2 bridgehead atoms. The second-order valence-corrected chi connectivity index (χ2v) is 5.68. The Morgan fingerprint density at radius 2 is 1.71 bits per heavy atom. The zero-order valence-electron chi connectivity index (χ0n) is 11.1. The van der Waals surface area contributed by atoms with Crippen molar-refractivity contribution in [2.45, 2.75) is 25.3 Å². The minimum Gasteiger partial charge on any atom is -0.327 e. The molecule has 0 radical (unpaired) electrons. The van der Waals surface area contributed by atoms with Crippen LogP contribution in [0.1, 0.15) is 19.3 Å². The van der Waals surface area contributed by atoms with Crippen LogP contribution in [-0.2, 0) is 4.79 Å². The zero-order chi connectivity index (χ0) is 14.4. The van der Waals surface area contributed by atoms with Crippen molar-refractivity contribution in [3.05, 3.63) is 29.6 Å². The first kappa shape index (κ1) is 16.1. The van der Waals surface area contributed by atoms with Crippen molar-refractivity contribution in [1.82, 2.24) is 0 Å². The molecule has 116 valence electrons. The molecule has 4 unspecified atom stereocenters. The Morgan fingerprint density at radius 3 is 2.24 bits per heavy atom. The standard InChI is InChI=1S/C14H15F3N2O.ClH/c15-9-4-8(5-10(16)12(9)17)19-14(20)11-6-1-2-7(3-6)13(11)18;/h4-7,11,13H,1-3,18H2,(H,19,20);1H. The summed E-state index contributed by atoms with van der Waals surface area (Å²) < 4.78 is 39.1. The van der Waals surface area contributed by atoms with Crippen molar-refractivity contribution in [1.29, 1.82) is 0 Å². The molecule has 4 atom stereocenters. The fourth-order valence-electron chi connectivity index (χ4n) is 3.58. The van der Waals surface area contributed by atoms with Gasteiger partial charge in [-0.1, -0.05) is 0 Å². The van der Waals surface area contributed by atoms with Gasteiger partial charge in [-0.25, -0.2) is 13.2 Å². The molecular formula is C14H16ClF3N2O. The third-order valence-corrected chi connectivity index (χ3v) is 4.53. The van der Waals surface area contributed by atoms with Gasteiger partial charge < -0.3 is 11.1 Å². The maximum absolute atomic E-state index is 13.1. The van der Waals surface area contributed by atoms with E-state index in [9.17, 15) is 18.0 Å². The number of nitrogens with two attached hydrogens (primary N) is 1. The molecule has 0 saturated heterocycles. The van der Waals surface area contributed by atoms with Crippen LogP contribution in [0.4, 0.5) is 18.9 Å². The molecule has 0 aliphatic heterocycles. The maximum Gasteiger partial charge on any atom is 0.229 e. The quantitative estimate of drug-likeness (QED) is 0.823. The highest BCUT2D eigenvalue weighted by Gasteiger charge is 2.49. The van der Waals surface area contributed by atoms with Crippen LogP contribution in [0, 0.1) is 35.2 Å². The number of fused-ring (bicyclic) bond motifs is 2. The SMILES string of the molecule is Cl.NC1C2CCC(C2)C1C(=O)Nc1cc(F)c(F)c(F)c1. The van der Waals surface area contributed by atoms with E-state index < -0.39 is 17.5 Å². The van der Waals surface area contributed by atoms with Gasteiger partial charge in [0, 0.05) is 23.9 Å². The van der Waals surface area contributed by atoms with Crippen molar-refractivity contribution in [3.8, 4) is 0 Å². The van der Waals surface area contributed by atoms with Crippen molar-refractivity contribution >= 4 is 24.0 Å². The van der Waals surface area contributed by atoms with E-state index in [1.165, 1.54) is 0 Å². The first-order valence-electron chi connectivity index (χ1n) is 6.68. The lowest BCUT2D eigenvalue weighted by Crippen LogP contribution is -2.42. The molecule has 2 saturated carbocycles. The second-order valence-electron chi connectivity index (χ2n) is 5.68. The summed E-state index contributed by atoms with van der Waals surface area (Å²) in [5.74, 6) is -4.25. The van der Waals surface area contributed by atoms with Crippen molar-refractivity contribution in [3.63, 3.8) is 0 Å². The molecule has 0 spiro atoms. The van der Waals surface area contributed by atoms with Crippen molar-refractivity contribution < 1.29 is 18.0 Å². The van der Waals surface area contributed by atoms with E-state index in [0.29, 0.717) is 5.92 Å². The number of anilines is 1. The number of hydrogen-bond acceptors (Lipinski definition) is 2. The molecule has 3 N–H and O–H groups in total. The lowest BCUT2D eigenvalue weighted by molar-refractivity contribution is -0.121. The van der Waals surface area contributed by atoms with Gasteiger partial charge in [0.05, 0.1) is 5.92 Å². The van der Waals surface area contributed by atoms with E-state index in [2.05, 4.69) is 5.32 Å². The van der Waals surface area contributed by atoms with Gasteiger partial charge >= 0.3 is 0 Å². The average molecular weight is 321 g/mol.